The molecule has 142 valence electrons. The van der Waals surface area contributed by atoms with E-state index < -0.39 is 0 Å². The van der Waals surface area contributed by atoms with Gasteiger partial charge in [-0.25, -0.2) is 14.4 Å². The van der Waals surface area contributed by atoms with Crippen molar-refractivity contribution in [3.05, 3.63) is 83.4 Å². The van der Waals surface area contributed by atoms with Crippen LogP contribution in [0.15, 0.2) is 65.3 Å². The summed E-state index contributed by atoms with van der Waals surface area (Å²) in [5.74, 6) is -0.00958. The molecule has 0 unspecified atom stereocenters. The van der Waals surface area contributed by atoms with Gasteiger partial charge in [0.15, 0.2) is 5.82 Å². The molecule has 5 rings (SSSR count). The van der Waals surface area contributed by atoms with Crippen LogP contribution in [0.2, 0.25) is 0 Å². The zero-order valence-electron chi connectivity index (χ0n) is 15.2. The maximum atomic E-state index is 13.3. The molecule has 29 heavy (non-hydrogen) atoms. The van der Waals surface area contributed by atoms with Crippen LogP contribution in [0.25, 0.3) is 22.6 Å². The average Bonchev–Trinajstić information content (AvgIpc) is 3.40. The first-order chi connectivity index (χ1) is 14.2. The van der Waals surface area contributed by atoms with Crippen molar-refractivity contribution in [1.82, 2.24) is 15.1 Å². The van der Waals surface area contributed by atoms with Crippen LogP contribution < -0.4 is 5.32 Å². The molecule has 2 heterocycles. The van der Waals surface area contributed by atoms with E-state index in [9.17, 15) is 9.18 Å². The summed E-state index contributed by atoms with van der Waals surface area (Å²) >= 11 is 0. The van der Waals surface area contributed by atoms with Gasteiger partial charge in [-0.1, -0.05) is 35.5 Å². The van der Waals surface area contributed by atoms with E-state index in [0.717, 1.165) is 23.2 Å². The summed E-state index contributed by atoms with van der Waals surface area (Å²) in [7, 11) is 0. The highest BCUT2D eigenvalue weighted by Gasteiger charge is 2.27. The van der Waals surface area contributed by atoms with Gasteiger partial charge in [-0.2, -0.15) is 0 Å². The summed E-state index contributed by atoms with van der Waals surface area (Å²) < 4.78 is 18.8. The Morgan fingerprint density at radius 1 is 1.10 bits per heavy atom. The Morgan fingerprint density at radius 2 is 1.90 bits per heavy atom. The number of benzene rings is 2. The minimum Gasteiger partial charge on any atom is -0.337 e. The second-order valence-corrected chi connectivity index (χ2v) is 6.80. The molecule has 2 aromatic carbocycles. The Hall–Kier alpha value is -3.87. The lowest BCUT2D eigenvalue weighted by Crippen LogP contribution is -2.14. The van der Waals surface area contributed by atoms with Crippen molar-refractivity contribution in [3.8, 4) is 22.6 Å². The number of aromatic nitrogens is 3. The van der Waals surface area contributed by atoms with Crippen molar-refractivity contribution in [2.45, 2.75) is 12.8 Å². The SMILES string of the molecule is O=C(Cc1ccccc1)Nc1onc(-c2ccc(F)cc2)c1-c1ncc2c(n1)C2. The van der Waals surface area contributed by atoms with Gasteiger partial charge in [0.2, 0.25) is 11.8 Å². The number of carbonyl (C=O) groups is 1. The normalized spacial score (nSPS) is 11.8. The third-order valence-corrected chi connectivity index (χ3v) is 4.68. The largest absolute Gasteiger partial charge is 0.337 e. The average molecular weight is 386 g/mol. The second kappa shape index (κ2) is 6.94. The molecule has 4 aromatic rings. The molecule has 0 bridgehead atoms. The molecule has 0 fully saturated rings. The van der Waals surface area contributed by atoms with Gasteiger partial charge in [0, 0.05) is 18.2 Å². The minimum absolute atomic E-state index is 0.172. The quantitative estimate of drug-likeness (QED) is 0.493. The lowest BCUT2D eigenvalue weighted by atomic mass is 10.1. The number of nitrogens with zero attached hydrogens (tertiary/aromatic N) is 3. The van der Waals surface area contributed by atoms with E-state index in [1.807, 2.05) is 30.3 Å². The molecule has 2 aromatic heterocycles. The Bertz CT molecular complexity index is 1200. The number of nitrogens with one attached hydrogen (secondary N) is 1. The number of carbonyl (C=O) groups excluding carboxylic acids is 1. The second-order valence-electron chi connectivity index (χ2n) is 6.80. The fourth-order valence-electron chi connectivity index (χ4n) is 3.12. The summed E-state index contributed by atoms with van der Waals surface area (Å²) in [5.41, 5.74) is 4.51. The summed E-state index contributed by atoms with van der Waals surface area (Å²) in [5, 5.41) is 6.88. The number of amides is 1. The van der Waals surface area contributed by atoms with Gasteiger partial charge < -0.3 is 4.52 Å². The van der Waals surface area contributed by atoms with Gasteiger partial charge in [-0.05, 0) is 35.4 Å². The lowest BCUT2D eigenvalue weighted by molar-refractivity contribution is -0.115. The highest BCUT2D eigenvalue weighted by Crippen LogP contribution is 2.38. The number of fused-ring (bicyclic) bond motifs is 1. The van der Waals surface area contributed by atoms with E-state index in [4.69, 9.17) is 4.52 Å². The number of rotatable bonds is 5. The van der Waals surface area contributed by atoms with Gasteiger partial charge in [0.25, 0.3) is 0 Å². The predicted molar refractivity (Wildman–Crippen MR) is 105 cm³/mol. The van der Waals surface area contributed by atoms with Crippen molar-refractivity contribution in [2.24, 2.45) is 0 Å². The van der Waals surface area contributed by atoms with E-state index in [-0.39, 0.29) is 24.0 Å². The predicted octanol–water partition coefficient (Wildman–Crippen LogP) is 4.02. The molecule has 0 atom stereocenters. The van der Waals surface area contributed by atoms with Crippen LogP contribution >= 0.6 is 0 Å². The van der Waals surface area contributed by atoms with Crippen LogP contribution in [-0.2, 0) is 17.6 Å². The number of hydrogen-bond acceptors (Lipinski definition) is 5. The zero-order valence-corrected chi connectivity index (χ0v) is 15.2. The third-order valence-electron chi connectivity index (χ3n) is 4.68. The molecule has 0 spiro atoms. The molecule has 1 aliphatic carbocycles. The lowest BCUT2D eigenvalue weighted by Gasteiger charge is -2.05. The number of hydrogen-bond donors (Lipinski definition) is 1. The third kappa shape index (κ3) is 3.50. The van der Waals surface area contributed by atoms with Crippen molar-refractivity contribution >= 4 is 11.8 Å². The Labute approximate surface area is 165 Å². The monoisotopic (exact) mass is 386 g/mol. The molecule has 1 N–H and O–H groups in total. The highest BCUT2D eigenvalue weighted by molar-refractivity contribution is 5.96. The van der Waals surface area contributed by atoms with E-state index in [1.165, 1.54) is 12.1 Å². The molecule has 0 saturated carbocycles. The molecule has 0 aliphatic heterocycles. The minimum atomic E-state index is -0.351. The molecular weight excluding hydrogens is 371 g/mol. The Balaban J connectivity index is 1.51. The van der Waals surface area contributed by atoms with Gasteiger partial charge in [0.05, 0.1) is 12.1 Å². The molecule has 0 radical (unpaired) electrons. The van der Waals surface area contributed by atoms with Crippen LogP contribution in [0, 0.1) is 5.82 Å². The Kier molecular flexibility index (Phi) is 4.13. The highest BCUT2D eigenvalue weighted by atomic mass is 19.1. The maximum Gasteiger partial charge on any atom is 0.243 e. The molecule has 0 saturated heterocycles. The molecule has 6 nitrogen and oxygen atoms in total. The molecular formula is C22H15FN4O2. The number of anilines is 1. The molecule has 1 aliphatic rings. The van der Waals surface area contributed by atoms with Crippen LogP contribution in [0.3, 0.4) is 0 Å². The maximum absolute atomic E-state index is 13.3. The summed E-state index contributed by atoms with van der Waals surface area (Å²) in [6.45, 7) is 0. The van der Waals surface area contributed by atoms with Crippen molar-refractivity contribution in [2.75, 3.05) is 5.32 Å². The summed E-state index contributed by atoms with van der Waals surface area (Å²) in [4.78, 5) is 21.5. The van der Waals surface area contributed by atoms with E-state index in [0.29, 0.717) is 22.6 Å². The fraction of sp³-hybridized carbons (Fsp3) is 0.0909. The first-order valence-electron chi connectivity index (χ1n) is 9.12. The van der Waals surface area contributed by atoms with Crippen LogP contribution in [0.4, 0.5) is 10.3 Å². The fourth-order valence-corrected chi connectivity index (χ4v) is 3.12. The van der Waals surface area contributed by atoms with E-state index >= 15 is 0 Å². The Morgan fingerprint density at radius 3 is 2.66 bits per heavy atom. The van der Waals surface area contributed by atoms with Crippen molar-refractivity contribution in [1.29, 1.82) is 0 Å². The first-order valence-corrected chi connectivity index (χ1v) is 9.12. The van der Waals surface area contributed by atoms with Crippen molar-refractivity contribution < 1.29 is 13.7 Å². The molecule has 7 heteroatoms. The van der Waals surface area contributed by atoms with Crippen molar-refractivity contribution in [3.63, 3.8) is 0 Å². The van der Waals surface area contributed by atoms with Crippen LogP contribution in [0.5, 0.6) is 0 Å². The van der Waals surface area contributed by atoms with E-state index in [2.05, 4.69) is 20.4 Å². The van der Waals surface area contributed by atoms with Gasteiger partial charge in [0.1, 0.15) is 17.1 Å². The van der Waals surface area contributed by atoms with E-state index in [1.54, 1.807) is 18.3 Å². The first kappa shape index (κ1) is 17.2. The van der Waals surface area contributed by atoms with Crippen LogP contribution in [-0.4, -0.2) is 21.0 Å². The van der Waals surface area contributed by atoms with Gasteiger partial charge >= 0.3 is 0 Å². The topological polar surface area (TPSA) is 80.9 Å². The summed E-state index contributed by atoms with van der Waals surface area (Å²) in [6.07, 6.45) is 2.76. The number of halogens is 1. The zero-order chi connectivity index (χ0) is 19.8. The van der Waals surface area contributed by atoms with Gasteiger partial charge in [-0.15, -0.1) is 0 Å². The summed E-state index contributed by atoms with van der Waals surface area (Å²) in [6, 6.07) is 15.3. The molecule has 1 amide bonds. The standard InChI is InChI=1S/C22H15FN4O2/c23-16-8-6-14(7-9-16)20-19(21-24-12-15-11-17(15)25-21)22(29-27-20)26-18(28)10-13-4-2-1-3-5-13/h1-9,12H,10-11H2,(H,26,28). The smallest absolute Gasteiger partial charge is 0.243 e. The van der Waals surface area contributed by atoms with Gasteiger partial charge in [-0.3, -0.25) is 10.1 Å². The van der Waals surface area contributed by atoms with Crippen LogP contribution in [0.1, 0.15) is 16.8 Å².